The molecule has 166 valence electrons. The van der Waals surface area contributed by atoms with E-state index in [0.29, 0.717) is 5.92 Å². The number of hydrogen-bond donors (Lipinski definition) is 1. The molecule has 31 heavy (non-hydrogen) atoms. The third kappa shape index (κ3) is 5.93. The highest BCUT2D eigenvalue weighted by molar-refractivity contribution is 5.48. The molecular weight excluding hydrogens is 376 g/mol. The summed E-state index contributed by atoms with van der Waals surface area (Å²) in [6, 6.07) is 15.3. The van der Waals surface area contributed by atoms with Crippen molar-refractivity contribution in [1.29, 1.82) is 0 Å². The summed E-state index contributed by atoms with van der Waals surface area (Å²) in [7, 11) is 0. The van der Waals surface area contributed by atoms with Gasteiger partial charge in [-0.3, -0.25) is 0 Å². The van der Waals surface area contributed by atoms with Crippen molar-refractivity contribution in [3.05, 3.63) is 71.0 Å². The number of nitrogens with zero attached hydrogens (tertiary/aromatic N) is 1. The molecule has 2 aliphatic rings. The van der Waals surface area contributed by atoms with Crippen LogP contribution in [0.3, 0.4) is 0 Å². The SMILES string of the molecule is C=C(NCCCCCc1ccccc1)C1CCC(Cn2c(=C)ccc2=C2CCC2)CC1. The molecule has 1 aromatic carbocycles. The van der Waals surface area contributed by atoms with E-state index in [1.54, 1.807) is 5.57 Å². The molecule has 0 aliphatic heterocycles. The molecule has 2 nitrogen and oxygen atoms in total. The van der Waals surface area contributed by atoms with Gasteiger partial charge in [-0.2, -0.15) is 0 Å². The highest BCUT2D eigenvalue weighted by atomic mass is 15.0. The molecule has 1 N–H and O–H groups in total. The fourth-order valence-corrected chi connectivity index (χ4v) is 5.26. The molecule has 2 saturated carbocycles. The van der Waals surface area contributed by atoms with Gasteiger partial charge in [0.15, 0.2) is 0 Å². The molecule has 0 radical (unpaired) electrons. The molecule has 0 spiro atoms. The molecule has 4 rings (SSSR count). The number of aromatic nitrogens is 1. The van der Waals surface area contributed by atoms with Crippen LogP contribution in [0, 0.1) is 11.8 Å². The maximum absolute atomic E-state index is 4.38. The van der Waals surface area contributed by atoms with Gasteiger partial charge in [-0.25, -0.2) is 0 Å². The van der Waals surface area contributed by atoms with Gasteiger partial charge in [-0.15, -0.1) is 0 Å². The molecule has 0 amide bonds. The quantitative estimate of drug-likeness (QED) is 0.502. The van der Waals surface area contributed by atoms with Gasteiger partial charge in [-0.05, 0) is 99.3 Å². The van der Waals surface area contributed by atoms with E-state index in [-0.39, 0.29) is 0 Å². The lowest BCUT2D eigenvalue weighted by molar-refractivity contribution is 0.265. The van der Waals surface area contributed by atoms with E-state index in [1.807, 2.05) is 0 Å². The van der Waals surface area contributed by atoms with E-state index >= 15 is 0 Å². The van der Waals surface area contributed by atoms with Crippen molar-refractivity contribution in [3.8, 4) is 0 Å². The normalized spacial score (nSPS) is 21.0. The van der Waals surface area contributed by atoms with Gasteiger partial charge >= 0.3 is 0 Å². The molecule has 2 heteroatoms. The predicted octanol–water partition coefficient (Wildman–Crippen LogP) is 5.56. The van der Waals surface area contributed by atoms with E-state index in [1.165, 1.54) is 92.6 Å². The maximum atomic E-state index is 4.38. The first-order valence-electron chi connectivity index (χ1n) is 12.5. The molecule has 0 bridgehead atoms. The third-order valence-electron chi connectivity index (χ3n) is 7.51. The number of rotatable bonds is 10. The van der Waals surface area contributed by atoms with E-state index in [2.05, 4.69) is 65.5 Å². The van der Waals surface area contributed by atoms with Gasteiger partial charge in [-0.1, -0.05) is 49.9 Å². The molecule has 2 fully saturated rings. The lowest BCUT2D eigenvalue weighted by atomic mass is 9.80. The minimum absolute atomic E-state index is 0.657. The molecular formula is C29H40N2. The molecule has 2 aliphatic carbocycles. The second kappa shape index (κ2) is 10.9. The Hall–Kier alpha value is -2.22. The Morgan fingerprint density at radius 3 is 2.42 bits per heavy atom. The van der Waals surface area contributed by atoms with Gasteiger partial charge in [0.1, 0.15) is 0 Å². The summed E-state index contributed by atoms with van der Waals surface area (Å²) < 4.78 is 2.50. The van der Waals surface area contributed by atoms with Crippen molar-refractivity contribution < 1.29 is 0 Å². The van der Waals surface area contributed by atoms with Crippen molar-refractivity contribution in [3.63, 3.8) is 0 Å². The summed E-state index contributed by atoms with van der Waals surface area (Å²) >= 11 is 0. The zero-order chi connectivity index (χ0) is 21.5. The van der Waals surface area contributed by atoms with E-state index < -0.39 is 0 Å². The number of aryl methyl sites for hydroxylation is 1. The first-order chi connectivity index (χ1) is 15.2. The zero-order valence-electron chi connectivity index (χ0n) is 19.2. The van der Waals surface area contributed by atoms with Crippen molar-refractivity contribution in [2.45, 2.75) is 77.2 Å². The largest absolute Gasteiger partial charge is 0.389 e. The number of nitrogens with one attached hydrogen (secondary N) is 1. The van der Waals surface area contributed by atoms with Crippen LogP contribution in [0.5, 0.6) is 0 Å². The highest BCUT2D eigenvalue weighted by Gasteiger charge is 2.24. The predicted molar refractivity (Wildman–Crippen MR) is 133 cm³/mol. The van der Waals surface area contributed by atoms with E-state index in [4.69, 9.17) is 0 Å². The lowest BCUT2D eigenvalue weighted by Crippen LogP contribution is -2.33. The van der Waals surface area contributed by atoms with E-state index in [9.17, 15) is 0 Å². The Bertz CT molecular complexity index is 938. The van der Waals surface area contributed by atoms with Crippen LogP contribution >= 0.6 is 0 Å². The molecule has 0 atom stereocenters. The number of unbranched alkanes of at least 4 members (excludes halogenated alkanes) is 2. The molecule has 0 saturated heterocycles. The summed E-state index contributed by atoms with van der Waals surface area (Å²) in [6.07, 6.45) is 14.1. The van der Waals surface area contributed by atoms with Crippen molar-refractivity contribution in [1.82, 2.24) is 9.88 Å². The van der Waals surface area contributed by atoms with Crippen molar-refractivity contribution >= 4 is 12.2 Å². The van der Waals surface area contributed by atoms with Crippen LogP contribution in [0.4, 0.5) is 0 Å². The van der Waals surface area contributed by atoms with Crippen LogP contribution < -0.4 is 16.0 Å². The number of hydrogen-bond acceptors (Lipinski definition) is 1. The Labute approximate surface area is 188 Å². The van der Waals surface area contributed by atoms with Crippen molar-refractivity contribution in [2.24, 2.45) is 11.8 Å². The summed E-state index contributed by atoms with van der Waals surface area (Å²) in [6.45, 7) is 10.9. The second-order valence-corrected chi connectivity index (χ2v) is 9.74. The number of allylic oxidation sites excluding steroid dienone is 1. The summed E-state index contributed by atoms with van der Waals surface area (Å²) in [5, 5.41) is 6.31. The molecule has 1 aromatic heterocycles. The monoisotopic (exact) mass is 416 g/mol. The molecule has 2 aromatic rings. The average Bonchev–Trinajstić information content (AvgIpc) is 3.10. The van der Waals surface area contributed by atoms with Gasteiger partial charge in [0.05, 0.1) is 0 Å². The van der Waals surface area contributed by atoms with Crippen LogP contribution in [0.15, 0.2) is 54.7 Å². The van der Waals surface area contributed by atoms with Crippen LogP contribution in [-0.2, 0) is 13.0 Å². The highest BCUT2D eigenvalue weighted by Crippen LogP contribution is 2.32. The molecule has 0 unspecified atom stereocenters. The fraction of sp³-hybridized carbons (Fsp3) is 0.517. The van der Waals surface area contributed by atoms with Crippen LogP contribution in [0.25, 0.3) is 12.2 Å². The molecule has 1 heterocycles. The number of benzene rings is 1. The summed E-state index contributed by atoms with van der Waals surface area (Å²) in [5.74, 6) is 1.44. The van der Waals surface area contributed by atoms with Gasteiger partial charge in [0.25, 0.3) is 0 Å². The first-order valence-corrected chi connectivity index (χ1v) is 12.5. The first kappa shape index (κ1) is 22.0. The smallest absolute Gasteiger partial charge is 0.0403 e. The Balaban J connectivity index is 1.14. The Morgan fingerprint density at radius 2 is 1.71 bits per heavy atom. The zero-order valence-corrected chi connectivity index (χ0v) is 19.2. The standard InChI is InChI=1S/C29H40N2/c1-23-15-20-29(28-13-9-14-28)31(23)22-26-16-18-27(19-17-26)24(2)30-21-8-4-7-12-25-10-5-3-6-11-25/h3,5-6,10-11,15,20,26-27,30H,1-2,4,7-9,12-14,16-19,21-22H2. The van der Waals surface area contributed by atoms with Crippen LogP contribution in [-0.4, -0.2) is 11.1 Å². The Morgan fingerprint density at radius 1 is 0.935 bits per heavy atom. The van der Waals surface area contributed by atoms with Gasteiger partial charge in [0.2, 0.25) is 0 Å². The summed E-state index contributed by atoms with van der Waals surface area (Å²) in [5.41, 5.74) is 4.39. The maximum Gasteiger partial charge on any atom is 0.0403 e. The van der Waals surface area contributed by atoms with E-state index in [0.717, 1.165) is 19.0 Å². The second-order valence-electron chi connectivity index (χ2n) is 9.74. The fourth-order valence-electron chi connectivity index (χ4n) is 5.26. The average molecular weight is 417 g/mol. The minimum Gasteiger partial charge on any atom is -0.389 e. The topological polar surface area (TPSA) is 17.0 Å². The minimum atomic E-state index is 0.657. The van der Waals surface area contributed by atoms with Gasteiger partial charge in [0, 0.05) is 29.5 Å². The van der Waals surface area contributed by atoms with Gasteiger partial charge < -0.3 is 9.88 Å². The summed E-state index contributed by atoms with van der Waals surface area (Å²) in [4.78, 5) is 0. The van der Waals surface area contributed by atoms with Crippen LogP contribution in [0.2, 0.25) is 0 Å². The third-order valence-corrected chi connectivity index (χ3v) is 7.51. The Kier molecular flexibility index (Phi) is 7.72. The van der Waals surface area contributed by atoms with Crippen molar-refractivity contribution in [2.75, 3.05) is 6.54 Å². The lowest BCUT2D eigenvalue weighted by Gasteiger charge is -2.31. The van der Waals surface area contributed by atoms with Crippen LogP contribution in [0.1, 0.15) is 69.8 Å².